The smallest absolute Gasteiger partial charge is 0.315 e. The summed E-state index contributed by atoms with van der Waals surface area (Å²) in [5.74, 6) is 0.0595. The second-order valence-electron chi connectivity index (χ2n) is 6.05. The summed E-state index contributed by atoms with van der Waals surface area (Å²) in [6.45, 7) is 5.41. The van der Waals surface area contributed by atoms with Crippen LogP contribution >= 0.6 is 0 Å². The number of fused-ring (bicyclic) bond motifs is 1. The van der Waals surface area contributed by atoms with E-state index in [1.54, 1.807) is 24.3 Å². The fourth-order valence-corrected chi connectivity index (χ4v) is 2.90. The Bertz CT molecular complexity index is 959. The Labute approximate surface area is 146 Å². The van der Waals surface area contributed by atoms with E-state index in [0.29, 0.717) is 11.3 Å². The molecule has 3 rings (SSSR count). The molecule has 0 N–H and O–H groups in total. The number of carbonyl (C=O) groups excluding carboxylic acids is 2. The van der Waals surface area contributed by atoms with Crippen molar-refractivity contribution in [1.29, 1.82) is 0 Å². The summed E-state index contributed by atoms with van der Waals surface area (Å²) < 4.78 is 5.40. The number of nitrogens with zero attached hydrogens (tertiary/aromatic N) is 1. The molecule has 4 heteroatoms. The molecule has 0 bridgehead atoms. The molecule has 0 aliphatic heterocycles. The van der Waals surface area contributed by atoms with Crippen molar-refractivity contribution in [3.8, 4) is 5.75 Å². The number of hydrogen-bond donors (Lipinski definition) is 0. The van der Waals surface area contributed by atoms with Crippen molar-refractivity contribution < 1.29 is 14.3 Å². The Hall–Kier alpha value is -3.01. The van der Waals surface area contributed by atoms with E-state index in [1.807, 2.05) is 38.1 Å². The number of hydrogen-bond acceptors (Lipinski definition) is 4. The Morgan fingerprint density at radius 2 is 1.68 bits per heavy atom. The molecule has 4 nitrogen and oxygen atoms in total. The number of rotatable bonds is 4. The van der Waals surface area contributed by atoms with Crippen LogP contribution in [0.4, 0.5) is 0 Å². The van der Waals surface area contributed by atoms with Crippen molar-refractivity contribution in [1.82, 2.24) is 4.98 Å². The highest BCUT2D eigenvalue weighted by molar-refractivity contribution is 5.94. The highest BCUT2D eigenvalue weighted by atomic mass is 16.5. The summed E-state index contributed by atoms with van der Waals surface area (Å²) in [7, 11) is 0. The number of Topliss-reactive ketones (excluding diaryl/α,β-unsaturated/α-hetero) is 1. The topological polar surface area (TPSA) is 56.3 Å². The predicted molar refractivity (Wildman–Crippen MR) is 97.0 cm³/mol. The first-order valence-electron chi connectivity index (χ1n) is 8.12. The lowest BCUT2D eigenvalue weighted by molar-refractivity contribution is -0.133. The lowest BCUT2D eigenvalue weighted by atomic mass is 10.00. The summed E-state index contributed by atoms with van der Waals surface area (Å²) in [5.41, 5.74) is 4.29. The molecular formula is C21H19NO3. The van der Waals surface area contributed by atoms with Crippen LogP contribution in [0.25, 0.3) is 10.9 Å². The van der Waals surface area contributed by atoms with Crippen LogP contribution < -0.4 is 4.74 Å². The van der Waals surface area contributed by atoms with Crippen LogP contribution in [0.15, 0.2) is 48.5 Å². The SMILES string of the molecule is CC(=O)c1ccc(OC(=O)Cc2c(C)nc3ccccc3c2C)cc1. The fourth-order valence-electron chi connectivity index (χ4n) is 2.90. The normalized spacial score (nSPS) is 10.7. The van der Waals surface area contributed by atoms with Crippen molar-refractivity contribution in [3.05, 3.63) is 70.9 Å². The van der Waals surface area contributed by atoms with Crippen molar-refractivity contribution in [2.75, 3.05) is 0 Å². The van der Waals surface area contributed by atoms with Gasteiger partial charge in [-0.2, -0.15) is 0 Å². The number of esters is 1. The number of pyridine rings is 1. The third-order valence-electron chi connectivity index (χ3n) is 4.30. The van der Waals surface area contributed by atoms with Gasteiger partial charge in [0.25, 0.3) is 0 Å². The lowest BCUT2D eigenvalue weighted by Gasteiger charge is -2.12. The fraction of sp³-hybridized carbons (Fsp3) is 0.190. The van der Waals surface area contributed by atoms with Gasteiger partial charge in [-0.15, -0.1) is 0 Å². The highest BCUT2D eigenvalue weighted by Gasteiger charge is 2.14. The molecule has 0 radical (unpaired) electrons. The number of aryl methyl sites for hydroxylation is 2. The number of aromatic nitrogens is 1. The van der Waals surface area contributed by atoms with Gasteiger partial charge in [0.2, 0.25) is 0 Å². The molecule has 0 amide bonds. The Balaban J connectivity index is 1.81. The molecule has 1 aromatic heterocycles. The first-order chi connectivity index (χ1) is 12.0. The highest BCUT2D eigenvalue weighted by Crippen LogP contribution is 2.23. The first kappa shape index (κ1) is 16.8. The molecule has 0 saturated carbocycles. The molecule has 0 aliphatic carbocycles. The molecule has 0 atom stereocenters. The van der Waals surface area contributed by atoms with Gasteiger partial charge >= 0.3 is 5.97 Å². The number of carbonyl (C=O) groups is 2. The number of para-hydroxylation sites is 1. The molecule has 0 fully saturated rings. The predicted octanol–water partition coefficient (Wildman–Crippen LogP) is 4.20. The summed E-state index contributed by atoms with van der Waals surface area (Å²) in [4.78, 5) is 28.2. The Morgan fingerprint density at radius 1 is 1.00 bits per heavy atom. The number of ether oxygens (including phenoxy) is 1. The average molecular weight is 333 g/mol. The van der Waals surface area contributed by atoms with E-state index in [1.165, 1.54) is 6.92 Å². The van der Waals surface area contributed by atoms with E-state index in [2.05, 4.69) is 4.98 Å². The van der Waals surface area contributed by atoms with Crippen molar-refractivity contribution in [3.63, 3.8) is 0 Å². The Morgan fingerprint density at radius 3 is 2.36 bits per heavy atom. The zero-order valence-corrected chi connectivity index (χ0v) is 14.5. The standard InChI is InChI=1S/C21H19NO3/c1-13-18-6-4-5-7-20(18)22-14(2)19(13)12-21(24)25-17-10-8-16(9-11-17)15(3)23/h4-11H,12H2,1-3H3. The molecule has 0 saturated heterocycles. The van der Waals surface area contributed by atoms with E-state index < -0.39 is 0 Å². The van der Waals surface area contributed by atoms with Gasteiger partial charge in [0.15, 0.2) is 5.78 Å². The van der Waals surface area contributed by atoms with Gasteiger partial charge in [-0.1, -0.05) is 18.2 Å². The van der Waals surface area contributed by atoms with Crippen LogP contribution in [-0.2, 0) is 11.2 Å². The quantitative estimate of drug-likeness (QED) is 0.408. The van der Waals surface area contributed by atoms with Crippen LogP contribution in [0.3, 0.4) is 0 Å². The van der Waals surface area contributed by atoms with Crippen LogP contribution in [-0.4, -0.2) is 16.7 Å². The third-order valence-corrected chi connectivity index (χ3v) is 4.30. The second-order valence-corrected chi connectivity index (χ2v) is 6.05. The summed E-state index contributed by atoms with van der Waals surface area (Å²) in [6.07, 6.45) is 0.157. The number of ketones is 1. The van der Waals surface area contributed by atoms with Crippen molar-refractivity contribution >= 4 is 22.7 Å². The van der Waals surface area contributed by atoms with Crippen LogP contribution in [0.5, 0.6) is 5.75 Å². The van der Waals surface area contributed by atoms with Gasteiger partial charge in [0.1, 0.15) is 5.75 Å². The monoisotopic (exact) mass is 333 g/mol. The van der Waals surface area contributed by atoms with Crippen molar-refractivity contribution in [2.45, 2.75) is 27.2 Å². The Kier molecular flexibility index (Phi) is 4.61. The minimum Gasteiger partial charge on any atom is -0.426 e. The van der Waals surface area contributed by atoms with Crippen LogP contribution in [0.1, 0.15) is 34.1 Å². The van der Waals surface area contributed by atoms with E-state index >= 15 is 0 Å². The number of benzene rings is 2. The molecule has 126 valence electrons. The zero-order valence-electron chi connectivity index (χ0n) is 14.5. The largest absolute Gasteiger partial charge is 0.426 e. The lowest BCUT2D eigenvalue weighted by Crippen LogP contribution is -2.14. The molecule has 2 aromatic carbocycles. The maximum absolute atomic E-state index is 12.3. The third kappa shape index (κ3) is 3.58. The van der Waals surface area contributed by atoms with Gasteiger partial charge in [-0.3, -0.25) is 14.6 Å². The van der Waals surface area contributed by atoms with Crippen LogP contribution in [0, 0.1) is 13.8 Å². The minimum atomic E-state index is -0.348. The maximum atomic E-state index is 12.3. The van der Waals surface area contributed by atoms with Gasteiger partial charge in [-0.25, -0.2) is 0 Å². The molecule has 0 aliphatic rings. The van der Waals surface area contributed by atoms with E-state index in [9.17, 15) is 9.59 Å². The molecule has 0 unspecified atom stereocenters. The van der Waals surface area contributed by atoms with Gasteiger partial charge < -0.3 is 4.74 Å². The summed E-state index contributed by atoms with van der Waals surface area (Å²) in [5, 5.41) is 1.04. The summed E-state index contributed by atoms with van der Waals surface area (Å²) in [6, 6.07) is 14.5. The molecule has 1 heterocycles. The van der Waals surface area contributed by atoms with E-state index in [-0.39, 0.29) is 18.2 Å². The average Bonchev–Trinajstić information content (AvgIpc) is 2.59. The molecular weight excluding hydrogens is 314 g/mol. The second kappa shape index (κ2) is 6.85. The van der Waals surface area contributed by atoms with Gasteiger partial charge in [0, 0.05) is 16.6 Å². The van der Waals surface area contributed by atoms with Crippen LogP contribution in [0.2, 0.25) is 0 Å². The molecule has 25 heavy (non-hydrogen) atoms. The van der Waals surface area contributed by atoms with E-state index in [0.717, 1.165) is 27.7 Å². The maximum Gasteiger partial charge on any atom is 0.315 e. The van der Waals surface area contributed by atoms with Gasteiger partial charge in [-0.05, 0) is 62.2 Å². The first-order valence-corrected chi connectivity index (χ1v) is 8.12. The molecule has 0 spiro atoms. The van der Waals surface area contributed by atoms with Crippen molar-refractivity contribution in [2.24, 2.45) is 0 Å². The zero-order chi connectivity index (χ0) is 18.0. The van der Waals surface area contributed by atoms with E-state index in [4.69, 9.17) is 4.74 Å². The van der Waals surface area contributed by atoms with Gasteiger partial charge in [0.05, 0.1) is 11.9 Å². The molecule has 3 aromatic rings. The summed E-state index contributed by atoms with van der Waals surface area (Å²) >= 11 is 0. The minimum absolute atomic E-state index is 0.0219.